The molecular weight excluding hydrogens is 380 g/mol. The Labute approximate surface area is 164 Å². The van der Waals surface area contributed by atoms with Gasteiger partial charge in [-0.3, -0.25) is 14.6 Å². The quantitative estimate of drug-likeness (QED) is 0.536. The maximum absolute atomic E-state index is 12.1. The van der Waals surface area contributed by atoms with Crippen LogP contribution >= 0.6 is 0 Å². The highest BCUT2D eigenvalue weighted by molar-refractivity contribution is 5.75. The van der Waals surface area contributed by atoms with Gasteiger partial charge in [-0.15, -0.1) is 0 Å². The monoisotopic (exact) mass is 400 g/mol. The Bertz CT molecular complexity index is 1140. The number of benzene rings is 1. The van der Waals surface area contributed by atoms with Crippen molar-refractivity contribution >= 4 is 5.91 Å². The molecule has 3 N–H and O–H groups in total. The summed E-state index contributed by atoms with van der Waals surface area (Å²) in [4.78, 5) is 41.2. The Morgan fingerprint density at radius 1 is 1.34 bits per heavy atom. The molecule has 0 aliphatic rings. The summed E-state index contributed by atoms with van der Waals surface area (Å²) >= 11 is 0. The van der Waals surface area contributed by atoms with Gasteiger partial charge in [0.15, 0.2) is 11.5 Å². The van der Waals surface area contributed by atoms with E-state index in [0.29, 0.717) is 28.7 Å². The first-order chi connectivity index (χ1) is 13.9. The fourth-order valence-corrected chi connectivity index (χ4v) is 2.64. The standard InChI is InChI=1S/C19H20N4O6/c1-11-13(21-18(29-11)12-3-4-14(24)15(9-12)28-2)10-20-16(25)5-7-23-8-6-17(26)22-19(23)27/h3-4,6,8-9,24H,5,7,10H2,1-2H3,(H,20,25)(H,22,26,27). The number of aromatic nitrogens is 3. The highest BCUT2D eigenvalue weighted by Crippen LogP contribution is 2.31. The van der Waals surface area contributed by atoms with Crippen LogP contribution in [0.2, 0.25) is 0 Å². The molecule has 3 aromatic rings. The number of carbonyl (C=O) groups excluding carboxylic acids is 1. The van der Waals surface area contributed by atoms with Crippen molar-refractivity contribution in [1.29, 1.82) is 0 Å². The van der Waals surface area contributed by atoms with Gasteiger partial charge >= 0.3 is 5.69 Å². The minimum atomic E-state index is -0.563. The van der Waals surface area contributed by atoms with Crippen LogP contribution in [-0.4, -0.2) is 32.7 Å². The third kappa shape index (κ3) is 4.72. The van der Waals surface area contributed by atoms with Crippen LogP contribution in [-0.2, 0) is 17.9 Å². The molecular formula is C19H20N4O6. The van der Waals surface area contributed by atoms with Crippen LogP contribution in [0.3, 0.4) is 0 Å². The first kappa shape index (κ1) is 19.9. The molecule has 2 heterocycles. The lowest BCUT2D eigenvalue weighted by molar-refractivity contribution is -0.121. The number of H-pyrrole nitrogens is 1. The summed E-state index contributed by atoms with van der Waals surface area (Å²) in [5.74, 6) is 0.909. The molecule has 10 heteroatoms. The Morgan fingerprint density at radius 2 is 2.14 bits per heavy atom. The van der Waals surface area contributed by atoms with Crippen LogP contribution < -0.4 is 21.3 Å². The van der Waals surface area contributed by atoms with E-state index in [2.05, 4.69) is 15.3 Å². The number of hydrogen-bond donors (Lipinski definition) is 3. The lowest BCUT2D eigenvalue weighted by Gasteiger charge is -2.05. The van der Waals surface area contributed by atoms with Gasteiger partial charge in [-0.05, 0) is 25.1 Å². The first-order valence-electron chi connectivity index (χ1n) is 8.77. The third-order valence-corrected chi connectivity index (χ3v) is 4.25. The number of ether oxygens (including phenoxy) is 1. The molecule has 152 valence electrons. The van der Waals surface area contributed by atoms with Crippen LogP contribution in [0.25, 0.3) is 11.5 Å². The summed E-state index contributed by atoms with van der Waals surface area (Å²) in [7, 11) is 1.45. The second-order valence-electron chi connectivity index (χ2n) is 6.24. The predicted molar refractivity (Wildman–Crippen MR) is 103 cm³/mol. The van der Waals surface area contributed by atoms with Crippen molar-refractivity contribution in [2.75, 3.05) is 7.11 Å². The molecule has 0 saturated carbocycles. The van der Waals surface area contributed by atoms with Crippen molar-refractivity contribution in [3.05, 3.63) is 62.8 Å². The summed E-state index contributed by atoms with van der Waals surface area (Å²) < 4.78 is 12.0. The number of methoxy groups -OCH3 is 1. The van der Waals surface area contributed by atoms with Gasteiger partial charge in [0, 0.05) is 30.8 Å². The number of carbonyl (C=O) groups is 1. The summed E-state index contributed by atoms with van der Waals surface area (Å²) in [6, 6.07) is 5.95. The minimum absolute atomic E-state index is 0.00797. The number of oxazole rings is 1. The molecule has 0 spiro atoms. The van der Waals surface area contributed by atoms with Crippen molar-refractivity contribution in [2.24, 2.45) is 0 Å². The number of amides is 1. The molecule has 1 amide bonds. The van der Waals surface area contributed by atoms with E-state index in [-0.39, 0.29) is 31.2 Å². The van der Waals surface area contributed by atoms with Gasteiger partial charge < -0.3 is 24.1 Å². The van der Waals surface area contributed by atoms with Crippen molar-refractivity contribution in [2.45, 2.75) is 26.4 Å². The van der Waals surface area contributed by atoms with E-state index < -0.39 is 11.2 Å². The normalized spacial score (nSPS) is 10.7. The van der Waals surface area contributed by atoms with E-state index >= 15 is 0 Å². The van der Waals surface area contributed by atoms with Crippen molar-refractivity contribution in [1.82, 2.24) is 19.9 Å². The number of phenols is 1. The molecule has 0 aliphatic carbocycles. The molecule has 0 unspecified atom stereocenters. The zero-order valence-electron chi connectivity index (χ0n) is 15.9. The van der Waals surface area contributed by atoms with E-state index in [1.54, 1.807) is 19.1 Å². The Morgan fingerprint density at radius 3 is 2.86 bits per heavy atom. The average Bonchev–Trinajstić information content (AvgIpc) is 3.06. The molecule has 2 aromatic heterocycles. The SMILES string of the molecule is COc1cc(-c2nc(CNC(=O)CCn3ccc(=O)[nH]c3=O)c(C)o2)ccc1O. The molecule has 0 aliphatic heterocycles. The molecule has 0 saturated heterocycles. The summed E-state index contributed by atoms with van der Waals surface area (Å²) in [6.45, 7) is 2.03. The highest BCUT2D eigenvalue weighted by atomic mass is 16.5. The number of phenolic OH excluding ortho intramolecular Hbond substituents is 1. The van der Waals surface area contributed by atoms with Crippen LogP contribution in [0, 0.1) is 6.92 Å². The molecule has 3 rings (SSSR count). The van der Waals surface area contributed by atoms with Crippen LogP contribution in [0.1, 0.15) is 17.9 Å². The molecule has 0 fully saturated rings. The number of aromatic hydroxyl groups is 1. The Balaban J connectivity index is 1.61. The minimum Gasteiger partial charge on any atom is -0.504 e. The summed E-state index contributed by atoms with van der Waals surface area (Å²) in [6.07, 6.45) is 1.40. The third-order valence-electron chi connectivity index (χ3n) is 4.25. The lowest BCUT2D eigenvalue weighted by Crippen LogP contribution is -2.31. The van der Waals surface area contributed by atoms with Gasteiger partial charge in [-0.25, -0.2) is 9.78 Å². The zero-order chi connectivity index (χ0) is 21.0. The second-order valence-corrected chi connectivity index (χ2v) is 6.24. The van der Waals surface area contributed by atoms with Crippen LogP contribution in [0.15, 0.2) is 44.5 Å². The maximum atomic E-state index is 12.1. The van der Waals surface area contributed by atoms with Crippen LogP contribution in [0.5, 0.6) is 11.5 Å². The van der Waals surface area contributed by atoms with E-state index in [9.17, 15) is 19.5 Å². The van der Waals surface area contributed by atoms with Gasteiger partial charge in [-0.2, -0.15) is 0 Å². The Kier molecular flexibility index (Phi) is 5.82. The second kappa shape index (κ2) is 8.46. The predicted octanol–water partition coefficient (Wildman–Crippen LogP) is 0.921. The number of aryl methyl sites for hydroxylation is 2. The van der Waals surface area contributed by atoms with Crippen molar-refractivity contribution in [3.8, 4) is 23.0 Å². The van der Waals surface area contributed by atoms with Gasteiger partial charge in [0.25, 0.3) is 5.56 Å². The first-order valence-corrected chi connectivity index (χ1v) is 8.77. The lowest BCUT2D eigenvalue weighted by atomic mass is 10.2. The maximum Gasteiger partial charge on any atom is 0.328 e. The van der Waals surface area contributed by atoms with Gasteiger partial charge in [0.2, 0.25) is 11.8 Å². The highest BCUT2D eigenvalue weighted by Gasteiger charge is 2.14. The molecule has 0 radical (unpaired) electrons. The largest absolute Gasteiger partial charge is 0.504 e. The number of nitrogens with zero attached hydrogens (tertiary/aromatic N) is 2. The van der Waals surface area contributed by atoms with Crippen LogP contribution in [0.4, 0.5) is 0 Å². The summed E-state index contributed by atoms with van der Waals surface area (Å²) in [5.41, 5.74) is 0.130. The number of rotatable bonds is 7. The van der Waals surface area contributed by atoms with Gasteiger partial charge in [-0.1, -0.05) is 0 Å². The summed E-state index contributed by atoms with van der Waals surface area (Å²) in [5, 5.41) is 12.4. The zero-order valence-corrected chi connectivity index (χ0v) is 15.9. The van der Waals surface area contributed by atoms with E-state index in [0.717, 1.165) is 0 Å². The topological polar surface area (TPSA) is 139 Å². The van der Waals surface area contributed by atoms with E-state index in [1.165, 1.54) is 30.0 Å². The molecule has 29 heavy (non-hydrogen) atoms. The molecule has 10 nitrogen and oxygen atoms in total. The molecule has 0 bridgehead atoms. The van der Waals surface area contributed by atoms with E-state index in [4.69, 9.17) is 9.15 Å². The Hall–Kier alpha value is -3.82. The number of nitrogens with one attached hydrogen (secondary N) is 2. The number of aromatic amines is 1. The average molecular weight is 400 g/mol. The fraction of sp³-hybridized carbons (Fsp3) is 0.263. The van der Waals surface area contributed by atoms with Crippen molar-refractivity contribution < 1.29 is 19.1 Å². The van der Waals surface area contributed by atoms with E-state index in [1.807, 2.05) is 0 Å². The van der Waals surface area contributed by atoms with Crippen molar-refractivity contribution in [3.63, 3.8) is 0 Å². The molecule has 1 aromatic carbocycles. The van der Waals surface area contributed by atoms with Gasteiger partial charge in [0.1, 0.15) is 11.5 Å². The number of hydrogen-bond acceptors (Lipinski definition) is 7. The smallest absolute Gasteiger partial charge is 0.328 e. The fourth-order valence-electron chi connectivity index (χ4n) is 2.64. The molecule has 0 atom stereocenters. The van der Waals surface area contributed by atoms with Gasteiger partial charge in [0.05, 0.1) is 13.7 Å².